The first-order chi connectivity index (χ1) is 9.81. The number of aromatic nitrogens is 1. The molecule has 20 heavy (non-hydrogen) atoms. The minimum absolute atomic E-state index is 0.780. The van der Waals surface area contributed by atoms with Gasteiger partial charge in [0, 0.05) is 18.0 Å². The number of fused-ring (bicyclic) bond motifs is 1. The lowest BCUT2D eigenvalue weighted by Gasteiger charge is -2.02. The number of hydrogen-bond acceptors (Lipinski definition) is 1. The highest BCUT2D eigenvalue weighted by Crippen LogP contribution is 2.26. The van der Waals surface area contributed by atoms with Gasteiger partial charge in [0.1, 0.15) is 11.8 Å². The molecule has 0 unspecified atom stereocenters. The number of aryl methyl sites for hydroxylation is 3. The summed E-state index contributed by atoms with van der Waals surface area (Å²) < 4.78 is 2.00. The van der Waals surface area contributed by atoms with E-state index in [0.29, 0.717) is 0 Å². The number of benzene rings is 2. The predicted octanol–water partition coefficient (Wildman–Crippen LogP) is 3.84. The fraction of sp³-hybridized carbons (Fsp3) is 0.167. The molecule has 0 spiro atoms. The zero-order chi connectivity index (χ0) is 13.9. The molecule has 0 saturated carbocycles. The van der Waals surface area contributed by atoms with Gasteiger partial charge in [-0.15, -0.1) is 0 Å². The highest BCUT2D eigenvalue weighted by Gasteiger charge is 2.13. The molecule has 0 fully saturated rings. The monoisotopic (exact) mass is 260 g/mol. The normalized spacial score (nSPS) is 10.6. The van der Waals surface area contributed by atoms with Gasteiger partial charge in [-0.2, -0.15) is 5.26 Å². The average Bonchev–Trinajstić information content (AvgIpc) is 2.78. The number of hydrogen-bond donors (Lipinski definition) is 0. The Morgan fingerprint density at radius 2 is 1.65 bits per heavy atom. The van der Waals surface area contributed by atoms with E-state index in [1.165, 1.54) is 10.9 Å². The Kier molecular flexibility index (Phi) is 3.26. The van der Waals surface area contributed by atoms with Gasteiger partial charge in [-0.05, 0) is 30.0 Å². The van der Waals surface area contributed by atoms with Crippen molar-refractivity contribution in [1.82, 2.24) is 4.57 Å². The topological polar surface area (TPSA) is 28.7 Å². The van der Waals surface area contributed by atoms with Crippen molar-refractivity contribution in [1.29, 1.82) is 5.26 Å². The molecule has 1 aromatic heterocycles. The fourth-order valence-corrected chi connectivity index (χ4v) is 2.78. The summed E-state index contributed by atoms with van der Waals surface area (Å²) in [4.78, 5) is 0. The van der Waals surface area contributed by atoms with Crippen LogP contribution in [-0.4, -0.2) is 4.57 Å². The first-order valence-corrected chi connectivity index (χ1v) is 6.81. The first kappa shape index (κ1) is 12.5. The molecule has 0 N–H and O–H groups in total. The molecule has 2 nitrogen and oxygen atoms in total. The average molecular weight is 260 g/mol. The van der Waals surface area contributed by atoms with E-state index in [4.69, 9.17) is 0 Å². The van der Waals surface area contributed by atoms with Crippen molar-refractivity contribution < 1.29 is 0 Å². The van der Waals surface area contributed by atoms with E-state index in [0.717, 1.165) is 29.6 Å². The molecule has 2 aromatic carbocycles. The Bertz CT molecular complexity index is 776. The van der Waals surface area contributed by atoms with Crippen molar-refractivity contribution >= 4 is 10.9 Å². The molecular weight excluding hydrogens is 244 g/mol. The maximum Gasteiger partial charge on any atom is 0.124 e. The molecule has 0 aliphatic heterocycles. The summed E-state index contributed by atoms with van der Waals surface area (Å²) in [6.45, 7) is 0. The lowest BCUT2D eigenvalue weighted by atomic mass is 10.0. The van der Waals surface area contributed by atoms with Gasteiger partial charge in [0.2, 0.25) is 0 Å². The Hall–Kier alpha value is -2.53. The first-order valence-electron chi connectivity index (χ1n) is 6.81. The summed E-state index contributed by atoms with van der Waals surface area (Å²) in [6, 6.07) is 21.0. The molecule has 1 heterocycles. The SMILES string of the molecule is Cn1c(C#N)c(CCc2ccccc2)c2ccccc21. The van der Waals surface area contributed by atoms with Gasteiger partial charge in [-0.3, -0.25) is 0 Å². The van der Waals surface area contributed by atoms with Gasteiger partial charge in [0.25, 0.3) is 0 Å². The van der Waals surface area contributed by atoms with E-state index in [9.17, 15) is 5.26 Å². The smallest absolute Gasteiger partial charge is 0.124 e. The van der Waals surface area contributed by atoms with E-state index in [-0.39, 0.29) is 0 Å². The molecular formula is C18H16N2. The maximum absolute atomic E-state index is 9.43. The molecule has 0 bridgehead atoms. The molecule has 0 atom stereocenters. The Morgan fingerprint density at radius 3 is 2.40 bits per heavy atom. The van der Waals surface area contributed by atoms with Crippen LogP contribution in [0.3, 0.4) is 0 Å². The van der Waals surface area contributed by atoms with Crippen molar-refractivity contribution in [3.05, 3.63) is 71.4 Å². The molecule has 0 saturated heterocycles. The van der Waals surface area contributed by atoms with Gasteiger partial charge < -0.3 is 4.57 Å². The van der Waals surface area contributed by atoms with Gasteiger partial charge in [-0.1, -0.05) is 48.5 Å². The summed E-state index contributed by atoms with van der Waals surface area (Å²) in [5.41, 5.74) is 4.38. The van der Waals surface area contributed by atoms with Crippen LogP contribution in [0.25, 0.3) is 10.9 Å². The lowest BCUT2D eigenvalue weighted by molar-refractivity contribution is 0.905. The van der Waals surface area contributed by atoms with Crippen LogP contribution in [0.5, 0.6) is 0 Å². The molecule has 0 aliphatic carbocycles. The second kappa shape index (κ2) is 5.22. The standard InChI is InChI=1S/C18H16N2/c1-20-17-10-6-5-9-15(17)16(18(20)13-19)12-11-14-7-3-2-4-8-14/h2-10H,11-12H2,1H3. The number of rotatable bonds is 3. The van der Waals surface area contributed by atoms with Crippen molar-refractivity contribution in [2.24, 2.45) is 7.05 Å². The highest BCUT2D eigenvalue weighted by atomic mass is 14.9. The van der Waals surface area contributed by atoms with Crippen molar-refractivity contribution in [3.8, 4) is 6.07 Å². The van der Waals surface area contributed by atoms with Crippen LogP contribution in [0.15, 0.2) is 54.6 Å². The second-order valence-corrected chi connectivity index (χ2v) is 5.00. The molecule has 0 amide bonds. The van der Waals surface area contributed by atoms with Crippen LogP contribution < -0.4 is 0 Å². The van der Waals surface area contributed by atoms with Crippen molar-refractivity contribution in [2.75, 3.05) is 0 Å². The van der Waals surface area contributed by atoms with E-state index in [2.05, 4.69) is 42.5 Å². The number of nitrogens with zero attached hydrogens (tertiary/aromatic N) is 2. The van der Waals surface area contributed by atoms with Crippen molar-refractivity contribution in [2.45, 2.75) is 12.8 Å². The van der Waals surface area contributed by atoms with E-state index in [1.807, 2.05) is 29.8 Å². The van der Waals surface area contributed by atoms with Crippen LogP contribution >= 0.6 is 0 Å². The van der Waals surface area contributed by atoms with Crippen LogP contribution in [0, 0.1) is 11.3 Å². The van der Waals surface area contributed by atoms with E-state index < -0.39 is 0 Å². The van der Waals surface area contributed by atoms with Crippen LogP contribution in [0.4, 0.5) is 0 Å². The summed E-state index contributed by atoms with van der Waals surface area (Å²) in [5.74, 6) is 0. The molecule has 3 aromatic rings. The third-order valence-electron chi connectivity index (χ3n) is 3.82. The summed E-state index contributed by atoms with van der Waals surface area (Å²) in [5, 5.41) is 10.6. The van der Waals surface area contributed by atoms with E-state index in [1.54, 1.807) is 0 Å². The second-order valence-electron chi connectivity index (χ2n) is 5.00. The van der Waals surface area contributed by atoms with Gasteiger partial charge in [0.05, 0.1) is 0 Å². The Morgan fingerprint density at radius 1 is 0.950 bits per heavy atom. The molecule has 0 radical (unpaired) electrons. The quantitative estimate of drug-likeness (QED) is 0.703. The number of para-hydroxylation sites is 1. The summed E-state index contributed by atoms with van der Waals surface area (Å²) in [6.07, 6.45) is 1.86. The molecule has 3 rings (SSSR count). The molecule has 98 valence electrons. The van der Waals surface area contributed by atoms with Crippen LogP contribution in [0.2, 0.25) is 0 Å². The minimum atomic E-state index is 0.780. The maximum atomic E-state index is 9.43. The zero-order valence-corrected chi connectivity index (χ0v) is 11.5. The number of nitriles is 1. The van der Waals surface area contributed by atoms with Gasteiger partial charge >= 0.3 is 0 Å². The molecule has 0 aliphatic rings. The zero-order valence-electron chi connectivity index (χ0n) is 11.5. The largest absolute Gasteiger partial charge is 0.335 e. The lowest BCUT2D eigenvalue weighted by Crippen LogP contribution is -1.96. The summed E-state index contributed by atoms with van der Waals surface area (Å²) in [7, 11) is 1.97. The van der Waals surface area contributed by atoms with Crippen LogP contribution in [0.1, 0.15) is 16.8 Å². The summed E-state index contributed by atoms with van der Waals surface area (Å²) >= 11 is 0. The minimum Gasteiger partial charge on any atom is -0.335 e. The van der Waals surface area contributed by atoms with Gasteiger partial charge in [0.15, 0.2) is 0 Å². The molecule has 2 heteroatoms. The Labute approximate surface area is 118 Å². The van der Waals surface area contributed by atoms with Crippen molar-refractivity contribution in [3.63, 3.8) is 0 Å². The third-order valence-corrected chi connectivity index (χ3v) is 3.82. The fourth-order valence-electron chi connectivity index (χ4n) is 2.78. The van der Waals surface area contributed by atoms with Gasteiger partial charge in [-0.25, -0.2) is 0 Å². The van der Waals surface area contributed by atoms with E-state index >= 15 is 0 Å². The predicted molar refractivity (Wildman–Crippen MR) is 81.5 cm³/mol. The third kappa shape index (κ3) is 2.08. The Balaban J connectivity index is 2.01. The highest BCUT2D eigenvalue weighted by molar-refractivity contribution is 5.86. The van der Waals surface area contributed by atoms with Crippen LogP contribution in [-0.2, 0) is 19.9 Å².